The van der Waals surface area contributed by atoms with Crippen LogP contribution in [0.4, 0.5) is 0 Å². The van der Waals surface area contributed by atoms with Crippen molar-refractivity contribution in [2.45, 2.75) is 24.5 Å². The minimum Gasteiger partial charge on any atom is -0.291 e. The summed E-state index contributed by atoms with van der Waals surface area (Å²) in [5.74, 6) is 1.27. The van der Waals surface area contributed by atoms with Gasteiger partial charge < -0.3 is 0 Å². The molecule has 0 amide bonds. The van der Waals surface area contributed by atoms with Crippen molar-refractivity contribution in [2.75, 3.05) is 5.75 Å². The molecule has 1 unspecified atom stereocenters. The van der Waals surface area contributed by atoms with Gasteiger partial charge in [0.1, 0.15) is 5.69 Å². The third kappa shape index (κ3) is 1.87. The van der Waals surface area contributed by atoms with E-state index in [0.29, 0.717) is 5.69 Å². The topological polar surface area (TPSA) is 34.9 Å². The Labute approximate surface area is 102 Å². The van der Waals surface area contributed by atoms with Gasteiger partial charge in [0.2, 0.25) is 0 Å². The number of halogens is 1. The minimum absolute atomic E-state index is 0.192. The summed E-state index contributed by atoms with van der Waals surface area (Å²) in [6, 6.07) is 0. The highest BCUT2D eigenvalue weighted by Gasteiger charge is 2.39. The predicted molar refractivity (Wildman–Crippen MR) is 65.3 cm³/mol. The second-order valence-electron chi connectivity index (χ2n) is 3.98. The molecule has 82 valence electrons. The number of carbonyl (C=O) groups is 1. The SMILES string of the molecule is Cn1ncc(Br)c1C(=O)C1(C)CCCS1. The lowest BCUT2D eigenvalue weighted by Crippen LogP contribution is -2.30. The van der Waals surface area contributed by atoms with Crippen LogP contribution < -0.4 is 0 Å². The first-order chi connectivity index (χ1) is 7.04. The molecule has 0 aliphatic carbocycles. The van der Waals surface area contributed by atoms with Crippen molar-refractivity contribution in [3.63, 3.8) is 0 Å². The number of carbonyl (C=O) groups excluding carboxylic acids is 1. The van der Waals surface area contributed by atoms with Crippen molar-refractivity contribution in [2.24, 2.45) is 7.05 Å². The van der Waals surface area contributed by atoms with Gasteiger partial charge in [0.15, 0.2) is 5.78 Å². The first-order valence-electron chi connectivity index (χ1n) is 4.91. The minimum atomic E-state index is -0.254. The molecule has 1 aliphatic heterocycles. The van der Waals surface area contributed by atoms with Gasteiger partial charge in [-0.25, -0.2) is 0 Å². The fourth-order valence-corrected chi connectivity index (χ4v) is 3.66. The first kappa shape index (κ1) is 11.2. The van der Waals surface area contributed by atoms with E-state index < -0.39 is 0 Å². The van der Waals surface area contributed by atoms with Gasteiger partial charge in [-0.1, -0.05) is 0 Å². The molecule has 0 saturated carbocycles. The van der Waals surface area contributed by atoms with Crippen molar-refractivity contribution in [3.05, 3.63) is 16.4 Å². The molecular weight excluding hydrogens is 276 g/mol. The molecule has 1 aromatic rings. The molecule has 15 heavy (non-hydrogen) atoms. The van der Waals surface area contributed by atoms with Gasteiger partial charge in [-0.05, 0) is 41.4 Å². The molecule has 2 heterocycles. The van der Waals surface area contributed by atoms with E-state index in [4.69, 9.17) is 0 Å². The number of Topliss-reactive ketones (excluding diaryl/α,β-unsaturated/α-hetero) is 1. The Morgan fingerprint density at radius 3 is 2.93 bits per heavy atom. The fraction of sp³-hybridized carbons (Fsp3) is 0.600. The van der Waals surface area contributed by atoms with Crippen LogP contribution in [0.2, 0.25) is 0 Å². The van der Waals surface area contributed by atoms with Crippen molar-refractivity contribution in [1.29, 1.82) is 0 Å². The number of hydrogen-bond donors (Lipinski definition) is 0. The van der Waals surface area contributed by atoms with E-state index in [2.05, 4.69) is 21.0 Å². The Kier molecular flexibility index (Phi) is 2.94. The summed E-state index contributed by atoms with van der Waals surface area (Å²) in [6.07, 6.45) is 3.77. The summed E-state index contributed by atoms with van der Waals surface area (Å²) >= 11 is 5.13. The normalized spacial score (nSPS) is 25.8. The van der Waals surface area contributed by atoms with Crippen LogP contribution in [-0.4, -0.2) is 26.1 Å². The molecule has 0 spiro atoms. The highest BCUT2D eigenvalue weighted by Crippen LogP contribution is 2.41. The lowest BCUT2D eigenvalue weighted by molar-refractivity contribution is 0.0939. The summed E-state index contributed by atoms with van der Waals surface area (Å²) in [6.45, 7) is 2.03. The average molecular weight is 289 g/mol. The van der Waals surface area contributed by atoms with Crippen LogP contribution in [0.25, 0.3) is 0 Å². The third-order valence-electron chi connectivity index (χ3n) is 2.81. The van der Waals surface area contributed by atoms with E-state index in [9.17, 15) is 4.79 Å². The summed E-state index contributed by atoms with van der Waals surface area (Å²) in [7, 11) is 1.81. The smallest absolute Gasteiger partial charge is 0.197 e. The number of nitrogens with zero attached hydrogens (tertiary/aromatic N) is 2. The second-order valence-corrected chi connectivity index (χ2v) is 6.43. The number of rotatable bonds is 2. The first-order valence-corrected chi connectivity index (χ1v) is 6.69. The molecule has 0 aromatic carbocycles. The van der Waals surface area contributed by atoms with Crippen molar-refractivity contribution < 1.29 is 4.79 Å². The highest BCUT2D eigenvalue weighted by atomic mass is 79.9. The van der Waals surface area contributed by atoms with Crippen LogP contribution >= 0.6 is 27.7 Å². The lowest BCUT2D eigenvalue weighted by Gasteiger charge is -2.20. The van der Waals surface area contributed by atoms with Gasteiger partial charge in [0.05, 0.1) is 15.4 Å². The largest absolute Gasteiger partial charge is 0.291 e. The fourth-order valence-electron chi connectivity index (χ4n) is 1.87. The second kappa shape index (κ2) is 3.94. The molecule has 5 heteroatoms. The standard InChI is InChI=1S/C10H13BrN2OS/c1-10(4-3-5-15-10)9(14)8-7(11)6-12-13(8)2/h6H,3-5H2,1-2H3. The van der Waals surface area contributed by atoms with Crippen LogP contribution in [0.15, 0.2) is 10.7 Å². The Bertz CT molecular complexity index is 377. The van der Waals surface area contributed by atoms with E-state index in [1.54, 1.807) is 29.7 Å². The number of hydrogen-bond acceptors (Lipinski definition) is 3. The molecule has 1 aliphatic rings. The van der Waals surface area contributed by atoms with Crippen LogP contribution in [-0.2, 0) is 7.05 Å². The number of thioether (sulfide) groups is 1. The summed E-state index contributed by atoms with van der Waals surface area (Å²) in [5.41, 5.74) is 0.687. The lowest BCUT2D eigenvalue weighted by atomic mass is 9.98. The molecule has 2 rings (SSSR count). The van der Waals surface area contributed by atoms with Crippen LogP contribution in [0, 0.1) is 0 Å². The molecule has 1 aromatic heterocycles. The van der Waals surface area contributed by atoms with E-state index in [-0.39, 0.29) is 10.5 Å². The summed E-state index contributed by atoms with van der Waals surface area (Å²) in [5, 5.41) is 4.08. The van der Waals surface area contributed by atoms with Crippen molar-refractivity contribution >= 4 is 33.5 Å². The summed E-state index contributed by atoms with van der Waals surface area (Å²) in [4.78, 5) is 12.4. The monoisotopic (exact) mass is 288 g/mol. The molecule has 0 bridgehead atoms. The van der Waals surface area contributed by atoms with Gasteiger partial charge in [-0.2, -0.15) is 5.10 Å². The van der Waals surface area contributed by atoms with Crippen LogP contribution in [0.1, 0.15) is 30.3 Å². The average Bonchev–Trinajstić information content (AvgIpc) is 2.75. The van der Waals surface area contributed by atoms with E-state index in [1.165, 1.54) is 0 Å². The molecule has 1 fully saturated rings. The van der Waals surface area contributed by atoms with E-state index >= 15 is 0 Å². The van der Waals surface area contributed by atoms with Gasteiger partial charge >= 0.3 is 0 Å². The number of aromatic nitrogens is 2. The van der Waals surface area contributed by atoms with Gasteiger partial charge in [0.25, 0.3) is 0 Å². The third-order valence-corrected chi connectivity index (χ3v) is 4.91. The van der Waals surface area contributed by atoms with Crippen molar-refractivity contribution in [1.82, 2.24) is 9.78 Å². The summed E-state index contributed by atoms with van der Waals surface area (Å²) < 4.78 is 2.19. The van der Waals surface area contributed by atoms with Crippen LogP contribution in [0.3, 0.4) is 0 Å². The van der Waals surface area contributed by atoms with Crippen LogP contribution in [0.5, 0.6) is 0 Å². The zero-order valence-corrected chi connectivity index (χ0v) is 11.2. The molecular formula is C10H13BrN2OS. The maximum absolute atomic E-state index is 12.4. The quantitative estimate of drug-likeness (QED) is 0.785. The Hall–Kier alpha value is -0.290. The number of aryl methyl sites for hydroxylation is 1. The zero-order valence-electron chi connectivity index (χ0n) is 8.79. The zero-order chi connectivity index (χ0) is 11.1. The Balaban J connectivity index is 2.35. The molecule has 0 radical (unpaired) electrons. The van der Waals surface area contributed by atoms with E-state index in [0.717, 1.165) is 23.1 Å². The molecule has 0 N–H and O–H groups in total. The van der Waals surface area contributed by atoms with Crippen molar-refractivity contribution in [3.8, 4) is 0 Å². The van der Waals surface area contributed by atoms with Gasteiger partial charge in [-0.15, -0.1) is 11.8 Å². The predicted octanol–water partition coefficient (Wildman–Crippen LogP) is 2.65. The Morgan fingerprint density at radius 1 is 1.73 bits per heavy atom. The number of ketones is 1. The maximum Gasteiger partial charge on any atom is 0.197 e. The molecule has 1 atom stereocenters. The maximum atomic E-state index is 12.4. The molecule has 3 nitrogen and oxygen atoms in total. The highest BCUT2D eigenvalue weighted by molar-refractivity contribution is 9.10. The van der Waals surface area contributed by atoms with E-state index in [1.807, 2.05) is 6.92 Å². The molecule has 1 saturated heterocycles. The van der Waals surface area contributed by atoms with Gasteiger partial charge in [0, 0.05) is 7.05 Å². The Morgan fingerprint density at radius 2 is 2.47 bits per heavy atom. The van der Waals surface area contributed by atoms with Gasteiger partial charge in [-0.3, -0.25) is 9.48 Å².